The number of amides is 1. The third kappa shape index (κ3) is 3.49. The smallest absolute Gasteiger partial charge is 0.257 e. The van der Waals surface area contributed by atoms with Crippen molar-refractivity contribution in [2.45, 2.75) is 0 Å². The molecule has 21 heavy (non-hydrogen) atoms. The van der Waals surface area contributed by atoms with E-state index in [1.165, 1.54) is 12.1 Å². The Balaban J connectivity index is 2.23. The molecule has 0 saturated heterocycles. The van der Waals surface area contributed by atoms with E-state index in [9.17, 15) is 9.18 Å². The third-order valence-electron chi connectivity index (χ3n) is 2.70. The second kappa shape index (κ2) is 6.23. The van der Waals surface area contributed by atoms with Gasteiger partial charge in [0, 0.05) is 11.3 Å². The molecule has 0 spiro atoms. The van der Waals surface area contributed by atoms with Gasteiger partial charge in [-0.25, -0.2) is 4.39 Å². The first-order chi connectivity index (χ1) is 10.0. The van der Waals surface area contributed by atoms with E-state index in [4.69, 9.17) is 22.5 Å². The number of carbonyl (C=O) groups excluding carboxylic acids is 1. The Bertz CT molecular complexity index is 719. The van der Waals surface area contributed by atoms with E-state index in [1.807, 2.05) is 0 Å². The lowest BCUT2D eigenvalue weighted by molar-refractivity contribution is 0.102. The minimum Gasteiger partial charge on any atom is -0.409 e. The summed E-state index contributed by atoms with van der Waals surface area (Å²) in [6, 6.07) is 9.91. The van der Waals surface area contributed by atoms with Gasteiger partial charge in [-0.1, -0.05) is 28.9 Å². The topological polar surface area (TPSA) is 87.7 Å². The Morgan fingerprint density at radius 1 is 1.29 bits per heavy atom. The average Bonchev–Trinajstić information content (AvgIpc) is 2.46. The van der Waals surface area contributed by atoms with Crippen molar-refractivity contribution in [2.24, 2.45) is 10.9 Å². The van der Waals surface area contributed by atoms with Crippen LogP contribution in [-0.2, 0) is 0 Å². The Labute approximate surface area is 124 Å². The number of carbonyl (C=O) groups is 1. The van der Waals surface area contributed by atoms with Crippen LogP contribution in [0.3, 0.4) is 0 Å². The summed E-state index contributed by atoms with van der Waals surface area (Å²) in [5, 5.41) is 14.1. The number of nitrogens with one attached hydrogen (secondary N) is 1. The van der Waals surface area contributed by atoms with Crippen LogP contribution in [0.15, 0.2) is 47.6 Å². The monoisotopic (exact) mass is 307 g/mol. The lowest BCUT2D eigenvalue weighted by Gasteiger charge is -2.08. The van der Waals surface area contributed by atoms with Crippen molar-refractivity contribution in [1.29, 1.82) is 0 Å². The van der Waals surface area contributed by atoms with Gasteiger partial charge in [0.25, 0.3) is 5.91 Å². The van der Waals surface area contributed by atoms with E-state index < -0.39 is 11.7 Å². The molecule has 0 radical (unpaired) electrons. The Morgan fingerprint density at radius 3 is 2.71 bits per heavy atom. The second-order valence-electron chi connectivity index (χ2n) is 4.14. The number of nitrogens with zero attached hydrogens (tertiary/aromatic N) is 1. The van der Waals surface area contributed by atoms with Crippen molar-refractivity contribution in [1.82, 2.24) is 0 Å². The highest BCUT2D eigenvalue weighted by atomic mass is 35.5. The normalized spacial score (nSPS) is 11.2. The number of amidine groups is 1. The largest absolute Gasteiger partial charge is 0.409 e. The molecule has 0 aliphatic carbocycles. The van der Waals surface area contributed by atoms with Crippen molar-refractivity contribution >= 4 is 29.0 Å². The minimum absolute atomic E-state index is 0.0140. The summed E-state index contributed by atoms with van der Waals surface area (Å²) in [6.45, 7) is 0. The van der Waals surface area contributed by atoms with Crippen molar-refractivity contribution in [3.63, 3.8) is 0 Å². The van der Waals surface area contributed by atoms with Crippen LogP contribution in [-0.4, -0.2) is 17.0 Å². The maximum atomic E-state index is 13.0. The van der Waals surface area contributed by atoms with Gasteiger partial charge in [-0.2, -0.15) is 0 Å². The van der Waals surface area contributed by atoms with Crippen molar-refractivity contribution in [3.05, 3.63) is 64.4 Å². The molecule has 0 unspecified atom stereocenters. The summed E-state index contributed by atoms with van der Waals surface area (Å²) in [4.78, 5) is 12.1. The van der Waals surface area contributed by atoms with Crippen LogP contribution in [0, 0.1) is 5.82 Å². The molecule has 0 fully saturated rings. The third-order valence-corrected chi connectivity index (χ3v) is 3.01. The summed E-state index contributed by atoms with van der Waals surface area (Å²) in [5.41, 5.74) is 6.50. The fourth-order valence-corrected chi connectivity index (χ4v) is 1.94. The van der Waals surface area contributed by atoms with Gasteiger partial charge >= 0.3 is 0 Å². The Morgan fingerprint density at radius 2 is 2.05 bits per heavy atom. The molecule has 108 valence electrons. The highest BCUT2D eigenvalue weighted by Crippen LogP contribution is 2.19. The van der Waals surface area contributed by atoms with Crippen molar-refractivity contribution in [2.75, 3.05) is 5.32 Å². The standard InChI is InChI=1S/C14H11ClFN3O2/c15-12-7-9(16)4-5-11(12)14(20)18-10-3-1-2-8(6-10)13(17)19-21/h1-7,21H,(H2,17,19)(H,18,20). The molecule has 0 aromatic heterocycles. The molecule has 4 N–H and O–H groups in total. The fourth-order valence-electron chi connectivity index (χ4n) is 1.69. The van der Waals surface area contributed by atoms with Crippen LogP contribution in [0.25, 0.3) is 0 Å². The van der Waals surface area contributed by atoms with E-state index >= 15 is 0 Å². The van der Waals surface area contributed by atoms with Gasteiger partial charge < -0.3 is 16.3 Å². The lowest BCUT2D eigenvalue weighted by Crippen LogP contribution is -2.15. The fraction of sp³-hybridized carbons (Fsp3) is 0. The highest BCUT2D eigenvalue weighted by molar-refractivity contribution is 6.34. The molecule has 0 aliphatic heterocycles. The van der Waals surface area contributed by atoms with E-state index in [2.05, 4.69) is 10.5 Å². The quantitative estimate of drug-likeness (QED) is 0.352. The van der Waals surface area contributed by atoms with Crippen LogP contribution in [0.4, 0.5) is 10.1 Å². The zero-order chi connectivity index (χ0) is 15.4. The van der Waals surface area contributed by atoms with Gasteiger partial charge in [-0.3, -0.25) is 4.79 Å². The van der Waals surface area contributed by atoms with Crippen molar-refractivity contribution < 1.29 is 14.4 Å². The first-order valence-corrected chi connectivity index (χ1v) is 6.23. The maximum Gasteiger partial charge on any atom is 0.257 e. The predicted molar refractivity (Wildman–Crippen MR) is 78.3 cm³/mol. The van der Waals surface area contributed by atoms with E-state index in [-0.39, 0.29) is 16.4 Å². The van der Waals surface area contributed by atoms with E-state index in [1.54, 1.807) is 18.2 Å². The van der Waals surface area contributed by atoms with E-state index in [0.717, 1.165) is 12.1 Å². The molecule has 2 aromatic carbocycles. The van der Waals surface area contributed by atoms with Crippen molar-refractivity contribution in [3.8, 4) is 0 Å². The molecule has 1 amide bonds. The number of anilines is 1. The van der Waals surface area contributed by atoms with Crippen LogP contribution in [0.2, 0.25) is 5.02 Å². The molecule has 7 heteroatoms. The number of benzene rings is 2. The molecule has 0 saturated carbocycles. The Kier molecular flexibility index (Phi) is 4.39. The molecule has 0 atom stereocenters. The van der Waals surface area contributed by atoms with Gasteiger partial charge in [-0.05, 0) is 30.3 Å². The number of hydrogen-bond acceptors (Lipinski definition) is 3. The summed E-state index contributed by atoms with van der Waals surface area (Å²) in [6.07, 6.45) is 0. The van der Waals surface area contributed by atoms with Crippen LogP contribution >= 0.6 is 11.6 Å². The number of hydrogen-bond donors (Lipinski definition) is 3. The first kappa shape index (κ1) is 14.8. The minimum atomic E-state index is -0.523. The maximum absolute atomic E-state index is 13.0. The summed E-state index contributed by atoms with van der Waals surface area (Å²) in [7, 11) is 0. The van der Waals surface area contributed by atoms with Crippen LogP contribution < -0.4 is 11.1 Å². The predicted octanol–water partition coefficient (Wildman–Crippen LogP) is 2.83. The van der Waals surface area contributed by atoms with Gasteiger partial charge in [0.05, 0.1) is 10.6 Å². The molecular weight excluding hydrogens is 297 g/mol. The average molecular weight is 308 g/mol. The summed E-state index contributed by atoms with van der Waals surface area (Å²) in [5.74, 6) is -1.09. The number of oxime groups is 1. The summed E-state index contributed by atoms with van der Waals surface area (Å²) < 4.78 is 13.0. The number of rotatable bonds is 3. The zero-order valence-corrected chi connectivity index (χ0v) is 11.4. The molecule has 0 aliphatic rings. The van der Waals surface area contributed by atoms with E-state index in [0.29, 0.717) is 11.3 Å². The van der Waals surface area contributed by atoms with Gasteiger partial charge in [0.15, 0.2) is 5.84 Å². The molecule has 0 heterocycles. The van der Waals surface area contributed by atoms with Gasteiger partial charge in [0.1, 0.15) is 5.82 Å². The summed E-state index contributed by atoms with van der Waals surface area (Å²) >= 11 is 5.82. The SMILES string of the molecule is N/C(=N/O)c1cccc(NC(=O)c2ccc(F)cc2Cl)c1. The van der Waals surface area contributed by atoms with Gasteiger partial charge in [-0.15, -0.1) is 0 Å². The Hall–Kier alpha value is -2.60. The lowest BCUT2D eigenvalue weighted by atomic mass is 10.1. The molecule has 2 aromatic rings. The van der Waals surface area contributed by atoms with Crippen LogP contribution in [0.5, 0.6) is 0 Å². The zero-order valence-electron chi connectivity index (χ0n) is 10.7. The van der Waals surface area contributed by atoms with Gasteiger partial charge in [0.2, 0.25) is 0 Å². The first-order valence-electron chi connectivity index (χ1n) is 5.85. The molecule has 5 nitrogen and oxygen atoms in total. The molecule has 0 bridgehead atoms. The second-order valence-corrected chi connectivity index (χ2v) is 4.55. The number of halogens is 2. The highest BCUT2D eigenvalue weighted by Gasteiger charge is 2.12. The van der Waals surface area contributed by atoms with Crippen LogP contribution in [0.1, 0.15) is 15.9 Å². The number of nitrogens with two attached hydrogens (primary N) is 1. The molecule has 2 rings (SSSR count). The molecular formula is C14H11ClFN3O2.